The van der Waals surface area contributed by atoms with Gasteiger partial charge in [0.25, 0.3) is 5.91 Å². The molecule has 0 radical (unpaired) electrons. The SMILES string of the molecule is CC(=O)Nc1ccc(Cl)c(C(=O)N2CCCC(C(=O)O)C2)c1. The van der Waals surface area contributed by atoms with Gasteiger partial charge in [-0.25, -0.2) is 0 Å². The minimum Gasteiger partial charge on any atom is -0.481 e. The highest BCUT2D eigenvalue weighted by molar-refractivity contribution is 6.34. The van der Waals surface area contributed by atoms with E-state index in [0.717, 1.165) is 0 Å². The van der Waals surface area contributed by atoms with Crippen LogP contribution in [0.25, 0.3) is 0 Å². The van der Waals surface area contributed by atoms with Crippen molar-refractivity contribution < 1.29 is 19.5 Å². The Morgan fingerprint density at radius 1 is 1.36 bits per heavy atom. The van der Waals surface area contributed by atoms with Crippen LogP contribution in [0.15, 0.2) is 18.2 Å². The van der Waals surface area contributed by atoms with Crippen molar-refractivity contribution >= 4 is 35.1 Å². The van der Waals surface area contributed by atoms with Crippen LogP contribution in [0.5, 0.6) is 0 Å². The van der Waals surface area contributed by atoms with E-state index in [0.29, 0.717) is 25.1 Å². The predicted molar refractivity (Wildman–Crippen MR) is 82.0 cm³/mol. The van der Waals surface area contributed by atoms with Gasteiger partial charge >= 0.3 is 5.97 Å². The minimum atomic E-state index is -0.893. The highest BCUT2D eigenvalue weighted by atomic mass is 35.5. The molecule has 2 amide bonds. The van der Waals surface area contributed by atoms with Crippen molar-refractivity contribution in [2.45, 2.75) is 19.8 Å². The average Bonchev–Trinajstić information content (AvgIpc) is 2.48. The second-order valence-electron chi connectivity index (χ2n) is 5.30. The highest BCUT2D eigenvalue weighted by Crippen LogP contribution is 2.25. The van der Waals surface area contributed by atoms with Gasteiger partial charge in [-0.05, 0) is 31.0 Å². The first-order valence-corrected chi connectivity index (χ1v) is 7.35. The van der Waals surface area contributed by atoms with E-state index in [1.165, 1.54) is 17.9 Å². The largest absolute Gasteiger partial charge is 0.481 e. The summed E-state index contributed by atoms with van der Waals surface area (Å²) in [5.41, 5.74) is 0.742. The van der Waals surface area contributed by atoms with Crippen LogP contribution in [-0.4, -0.2) is 40.9 Å². The molecule has 0 bridgehead atoms. The third kappa shape index (κ3) is 3.76. The summed E-state index contributed by atoms with van der Waals surface area (Å²) in [7, 11) is 0. The number of nitrogens with zero attached hydrogens (tertiary/aromatic N) is 1. The van der Waals surface area contributed by atoms with Crippen LogP contribution in [0.3, 0.4) is 0 Å². The van der Waals surface area contributed by atoms with Gasteiger partial charge in [-0.2, -0.15) is 0 Å². The molecule has 0 aromatic heterocycles. The Labute approximate surface area is 133 Å². The second-order valence-corrected chi connectivity index (χ2v) is 5.71. The average molecular weight is 325 g/mol. The van der Waals surface area contributed by atoms with Gasteiger partial charge in [0.05, 0.1) is 16.5 Å². The number of carboxylic acids is 1. The molecule has 1 aliphatic heterocycles. The van der Waals surface area contributed by atoms with E-state index in [-0.39, 0.29) is 28.9 Å². The second kappa shape index (κ2) is 6.79. The highest BCUT2D eigenvalue weighted by Gasteiger charge is 2.29. The van der Waals surface area contributed by atoms with Crippen molar-refractivity contribution in [2.24, 2.45) is 5.92 Å². The van der Waals surface area contributed by atoms with Crippen molar-refractivity contribution in [2.75, 3.05) is 18.4 Å². The molecule has 118 valence electrons. The molecule has 0 spiro atoms. The number of carbonyl (C=O) groups is 3. The number of benzene rings is 1. The zero-order valence-corrected chi connectivity index (χ0v) is 12.9. The summed E-state index contributed by atoms with van der Waals surface area (Å²) in [5, 5.41) is 12.0. The fourth-order valence-corrected chi connectivity index (χ4v) is 2.70. The lowest BCUT2D eigenvalue weighted by molar-refractivity contribution is -0.143. The monoisotopic (exact) mass is 324 g/mol. The number of piperidine rings is 1. The molecule has 22 heavy (non-hydrogen) atoms. The number of hydrogen-bond acceptors (Lipinski definition) is 3. The molecule has 1 atom stereocenters. The van der Waals surface area contributed by atoms with Gasteiger partial charge in [0.2, 0.25) is 5.91 Å². The number of likely N-dealkylation sites (tertiary alicyclic amines) is 1. The first kappa shape index (κ1) is 16.3. The summed E-state index contributed by atoms with van der Waals surface area (Å²) in [6.07, 6.45) is 1.21. The summed E-state index contributed by atoms with van der Waals surface area (Å²) in [5.74, 6) is -2.00. The van der Waals surface area contributed by atoms with Gasteiger partial charge in [0, 0.05) is 25.7 Å². The lowest BCUT2D eigenvalue weighted by Gasteiger charge is -2.31. The molecule has 1 aliphatic rings. The first-order chi connectivity index (χ1) is 10.4. The van der Waals surface area contributed by atoms with Crippen LogP contribution in [-0.2, 0) is 9.59 Å². The third-order valence-corrected chi connectivity index (χ3v) is 3.90. The number of amides is 2. The van der Waals surface area contributed by atoms with Crippen molar-refractivity contribution in [3.8, 4) is 0 Å². The quantitative estimate of drug-likeness (QED) is 0.892. The molecule has 2 rings (SSSR count). The molecule has 0 aliphatic carbocycles. The van der Waals surface area contributed by atoms with Crippen LogP contribution in [0.1, 0.15) is 30.1 Å². The van der Waals surface area contributed by atoms with E-state index in [1.54, 1.807) is 12.1 Å². The number of hydrogen-bond donors (Lipinski definition) is 2. The Kier molecular flexibility index (Phi) is 5.03. The maximum atomic E-state index is 12.6. The normalized spacial score (nSPS) is 17.9. The Morgan fingerprint density at radius 3 is 2.73 bits per heavy atom. The lowest BCUT2D eigenvalue weighted by Crippen LogP contribution is -2.42. The molecule has 1 aromatic rings. The lowest BCUT2D eigenvalue weighted by atomic mass is 9.97. The van der Waals surface area contributed by atoms with Crippen molar-refractivity contribution in [3.05, 3.63) is 28.8 Å². The van der Waals surface area contributed by atoms with Gasteiger partial charge in [-0.15, -0.1) is 0 Å². The van der Waals surface area contributed by atoms with E-state index in [2.05, 4.69) is 5.32 Å². The molecule has 1 fully saturated rings. The van der Waals surface area contributed by atoms with Crippen molar-refractivity contribution in [3.63, 3.8) is 0 Å². The number of anilines is 1. The van der Waals surface area contributed by atoms with E-state index >= 15 is 0 Å². The summed E-state index contributed by atoms with van der Waals surface area (Å²) in [6, 6.07) is 4.66. The Hall–Kier alpha value is -2.08. The molecule has 1 heterocycles. The molecule has 0 saturated carbocycles. The zero-order chi connectivity index (χ0) is 16.3. The van der Waals surface area contributed by atoms with Gasteiger partial charge < -0.3 is 15.3 Å². The topological polar surface area (TPSA) is 86.7 Å². The number of carbonyl (C=O) groups excluding carboxylic acids is 2. The first-order valence-electron chi connectivity index (χ1n) is 6.97. The molecule has 7 heteroatoms. The number of nitrogens with one attached hydrogen (secondary N) is 1. The van der Waals surface area contributed by atoms with E-state index in [4.69, 9.17) is 16.7 Å². The van der Waals surface area contributed by atoms with Crippen molar-refractivity contribution in [1.29, 1.82) is 0 Å². The number of carboxylic acid groups (broad SMARTS) is 1. The molecule has 1 aromatic carbocycles. The Balaban J connectivity index is 2.21. The van der Waals surface area contributed by atoms with Crippen LogP contribution in [0, 0.1) is 5.92 Å². The maximum Gasteiger partial charge on any atom is 0.308 e. The van der Waals surface area contributed by atoms with Crippen LogP contribution in [0.4, 0.5) is 5.69 Å². The molecule has 6 nitrogen and oxygen atoms in total. The zero-order valence-electron chi connectivity index (χ0n) is 12.1. The Morgan fingerprint density at radius 2 is 2.09 bits per heavy atom. The van der Waals surface area contributed by atoms with E-state index in [1.807, 2.05) is 0 Å². The van der Waals surface area contributed by atoms with Gasteiger partial charge in [-0.1, -0.05) is 11.6 Å². The number of rotatable bonds is 3. The van der Waals surface area contributed by atoms with Crippen molar-refractivity contribution in [1.82, 2.24) is 4.90 Å². The van der Waals surface area contributed by atoms with Gasteiger partial charge in [-0.3, -0.25) is 14.4 Å². The predicted octanol–water partition coefficient (Wildman–Crippen LogP) is 2.24. The summed E-state index contributed by atoms with van der Waals surface area (Å²) in [4.78, 5) is 36.2. The standard InChI is InChI=1S/C15H17ClN2O4/c1-9(19)17-11-4-5-13(16)12(7-11)14(20)18-6-2-3-10(8-18)15(21)22/h4-5,7,10H,2-3,6,8H2,1H3,(H,17,19)(H,21,22). The Bertz CT molecular complexity index is 618. The number of aliphatic carboxylic acids is 1. The van der Waals surface area contributed by atoms with Crippen LogP contribution < -0.4 is 5.32 Å². The smallest absolute Gasteiger partial charge is 0.308 e. The van der Waals surface area contributed by atoms with Crippen LogP contribution in [0.2, 0.25) is 5.02 Å². The minimum absolute atomic E-state index is 0.175. The summed E-state index contributed by atoms with van der Waals surface area (Å²) < 4.78 is 0. The molecule has 2 N–H and O–H groups in total. The molecular weight excluding hydrogens is 308 g/mol. The fourth-order valence-electron chi connectivity index (χ4n) is 2.50. The summed E-state index contributed by atoms with van der Waals surface area (Å²) in [6.45, 7) is 2.05. The molecular formula is C15H17ClN2O4. The fraction of sp³-hybridized carbons (Fsp3) is 0.400. The van der Waals surface area contributed by atoms with E-state index < -0.39 is 11.9 Å². The van der Waals surface area contributed by atoms with Gasteiger partial charge in [0.15, 0.2) is 0 Å². The molecule has 1 saturated heterocycles. The third-order valence-electron chi connectivity index (χ3n) is 3.57. The maximum absolute atomic E-state index is 12.6. The van der Waals surface area contributed by atoms with Crippen LogP contribution >= 0.6 is 11.6 Å². The van der Waals surface area contributed by atoms with Gasteiger partial charge in [0.1, 0.15) is 0 Å². The summed E-state index contributed by atoms with van der Waals surface area (Å²) >= 11 is 6.07. The number of halogens is 1. The van der Waals surface area contributed by atoms with E-state index in [9.17, 15) is 14.4 Å². The molecule has 1 unspecified atom stereocenters.